The van der Waals surface area contributed by atoms with E-state index < -0.39 is 0 Å². The van der Waals surface area contributed by atoms with Crippen molar-refractivity contribution in [2.24, 2.45) is 0 Å². The van der Waals surface area contributed by atoms with Crippen LogP contribution >= 0.6 is 0 Å². The van der Waals surface area contributed by atoms with E-state index in [4.69, 9.17) is 0 Å². The first-order valence-corrected chi connectivity index (χ1v) is 9.40. The number of aryl methyl sites for hydroxylation is 2. The van der Waals surface area contributed by atoms with Gasteiger partial charge in [0.25, 0.3) is 0 Å². The Morgan fingerprint density at radius 1 is 1.25 bits per heavy atom. The van der Waals surface area contributed by atoms with Gasteiger partial charge in [0.2, 0.25) is 5.91 Å². The Morgan fingerprint density at radius 3 is 2.82 bits per heavy atom. The maximum Gasteiger partial charge on any atom is 0.244 e. The Hall–Kier alpha value is -3.21. The molecule has 28 heavy (non-hydrogen) atoms. The molecule has 0 saturated heterocycles. The lowest BCUT2D eigenvalue weighted by Gasteiger charge is -2.12. The van der Waals surface area contributed by atoms with E-state index in [1.165, 1.54) is 23.3 Å². The lowest BCUT2D eigenvalue weighted by atomic mass is 10.1. The average molecular weight is 375 g/mol. The minimum Gasteiger partial charge on any atom is -0.346 e. The molecule has 142 valence electrons. The van der Waals surface area contributed by atoms with Gasteiger partial charge in [-0.1, -0.05) is 30.3 Å². The van der Waals surface area contributed by atoms with Crippen LogP contribution < -0.4 is 5.32 Å². The molecule has 1 N–H and O–H groups in total. The highest BCUT2D eigenvalue weighted by molar-refractivity contribution is 5.92. The summed E-state index contributed by atoms with van der Waals surface area (Å²) in [5, 5.41) is 3.04. The average Bonchev–Trinajstić information content (AvgIpc) is 3.24. The van der Waals surface area contributed by atoms with E-state index in [1.54, 1.807) is 29.1 Å². The van der Waals surface area contributed by atoms with Crippen molar-refractivity contribution in [3.05, 3.63) is 88.8 Å². The number of hydrogen-bond acceptors (Lipinski definition) is 2. The van der Waals surface area contributed by atoms with Gasteiger partial charge in [0.1, 0.15) is 5.82 Å². The van der Waals surface area contributed by atoms with E-state index >= 15 is 0 Å². The Labute approximate surface area is 163 Å². The number of amides is 1. The smallest absolute Gasteiger partial charge is 0.244 e. The number of hydrogen-bond donors (Lipinski definition) is 1. The molecule has 1 atom stereocenters. The van der Waals surface area contributed by atoms with Gasteiger partial charge < -0.3 is 9.88 Å². The number of nitrogens with one attached hydrogen (secondary N) is 1. The quantitative estimate of drug-likeness (QED) is 0.685. The van der Waals surface area contributed by atoms with E-state index in [0.717, 1.165) is 24.2 Å². The van der Waals surface area contributed by atoms with Crippen LogP contribution in [0.1, 0.15) is 40.5 Å². The monoisotopic (exact) mass is 375 g/mol. The van der Waals surface area contributed by atoms with Crippen LogP contribution in [-0.2, 0) is 11.2 Å². The largest absolute Gasteiger partial charge is 0.346 e. The van der Waals surface area contributed by atoms with Crippen molar-refractivity contribution in [3.63, 3.8) is 0 Å². The molecule has 1 aliphatic rings. The topological polar surface area (TPSA) is 46.9 Å². The van der Waals surface area contributed by atoms with E-state index in [2.05, 4.69) is 22.4 Å². The first-order chi connectivity index (χ1) is 13.5. The molecule has 1 amide bonds. The van der Waals surface area contributed by atoms with Gasteiger partial charge in [-0.2, -0.15) is 0 Å². The van der Waals surface area contributed by atoms with Crippen molar-refractivity contribution < 1.29 is 9.18 Å². The Bertz CT molecular complexity index is 1070. The van der Waals surface area contributed by atoms with Crippen LogP contribution in [0, 0.1) is 19.7 Å². The summed E-state index contributed by atoms with van der Waals surface area (Å²) in [7, 11) is 0. The molecule has 1 aliphatic carbocycles. The molecule has 3 aromatic rings. The van der Waals surface area contributed by atoms with Gasteiger partial charge in [-0.25, -0.2) is 9.37 Å². The van der Waals surface area contributed by atoms with Gasteiger partial charge in [0.15, 0.2) is 0 Å². The summed E-state index contributed by atoms with van der Waals surface area (Å²) in [6.45, 7) is 3.79. The van der Waals surface area contributed by atoms with E-state index in [0.29, 0.717) is 11.3 Å². The van der Waals surface area contributed by atoms with Gasteiger partial charge in [0.05, 0.1) is 23.8 Å². The number of fused-ring (bicyclic) bond motifs is 1. The maximum absolute atomic E-state index is 14.6. The fraction of sp³-hybridized carbons (Fsp3) is 0.217. The first kappa shape index (κ1) is 18.2. The lowest BCUT2D eigenvalue weighted by molar-refractivity contribution is -0.117. The second kappa shape index (κ2) is 7.43. The first-order valence-electron chi connectivity index (χ1n) is 9.40. The molecular weight excluding hydrogens is 353 g/mol. The Kier molecular flexibility index (Phi) is 4.82. The van der Waals surface area contributed by atoms with Gasteiger partial charge in [-0.05, 0) is 61.6 Å². The lowest BCUT2D eigenvalue weighted by Crippen LogP contribution is -2.25. The molecular formula is C23H22FN3O. The standard InChI is InChI=1S/C23H22FN3O/c1-15-16(2)27(14-25-15)22-11-7-17(13-20(22)24)8-12-23(28)26-21-10-9-18-5-3-4-6-19(18)21/h3-8,11-14,21H,9-10H2,1-2H3,(H,26,28)/b12-8+. The summed E-state index contributed by atoms with van der Waals surface area (Å²) >= 11 is 0. The predicted octanol–water partition coefficient (Wildman–Crippen LogP) is 4.45. The highest BCUT2D eigenvalue weighted by atomic mass is 19.1. The SMILES string of the molecule is Cc1ncn(-c2ccc(/C=C/C(=O)NC3CCc4ccccc43)cc2F)c1C. The van der Waals surface area contributed by atoms with E-state index in [1.807, 2.05) is 26.0 Å². The summed E-state index contributed by atoms with van der Waals surface area (Å²) in [6, 6.07) is 13.1. The number of carbonyl (C=O) groups excluding carboxylic acids is 1. The maximum atomic E-state index is 14.6. The van der Waals surface area contributed by atoms with Crippen LogP contribution in [0.2, 0.25) is 0 Å². The number of imidazole rings is 1. The Balaban J connectivity index is 1.46. The molecule has 1 aromatic heterocycles. The number of aromatic nitrogens is 2. The minimum absolute atomic E-state index is 0.0416. The Morgan fingerprint density at radius 2 is 2.07 bits per heavy atom. The van der Waals surface area contributed by atoms with Gasteiger partial charge in [-0.15, -0.1) is 0 Å². The number of nitrogens with zero attached hydrogens (tertiary/aromatic N) is 2. The summed E-state index contributed by atoms with van der Waals surface area (Å²) in [4.78, 5) is 16.5. The van der Waals surface area contributed by atoms with E-state index in [9.17, 15) is 9.18 Å². The molecule has 4 nitrogen and oxygen atoms in total. The summed E-state index contributed by atoms with van der Waals surface area (Å²) < 4.78 is 16.3. The van der Waals surface area contributed by atoms with Crippen molar-refractivity contribution in [3.8, 4) is 5.69 Å². The molecule has 2 aromatic carbocycles. The zero-order valence-electron chi connectivity index (χ0n) is 15.9. The third kappa shape index (κ3) is 3.48. The highest BCUT2D eigenvalue weighted by Gasteiger charge is 2.22. The van der Waals surface area contributed by atoms with Gasteiger partial charge in [0, 0.05) is 11.8 Å². The summed E-state index contributed by atoms with van der Waals surface area (Å²) in [5.74, 6) is -0.528. The zero-order chi connectivity index (χ0) is 19.7. The molecule has 0 radical (unpaired) electrons. The van der Waals surface area contributed by atoms with Crippen LogP contribution in [0.5, 0.6) is 0 Å². The highest BCUT2D eigenvalue weighted by Crippen LogP contribution is 2.30. The van der Waals surface area contributed by atoms with Crippen LogP contribution in [-0.4, -0.2) is 15.5 Å². The predicted molar refractivity (Wildman–Crippen MR) is 108 cm³/mol. The summed E-state index contributed by atoms with van der Waals surface area (Å²) in [5.41, 5.74) is 5.33. The summed E-state index contributed by atoms with van der Waals surface area (Å²) in [6.07, 6.45) is 6.60. The zero-order valence-corrected chi connectivity index (χ0v) is 15.9. The number of benzene rings is 2. The fourth-order valence-electron chi connectivity index (χ4n) is 3.66. The normalized spacial score (nSPS) is 15.8. The molecule has 1 heterocycles. The number of halogens is 1. The molecule has 0 saturated carbocycles. The molecule has 5 heteroatoms. The van der Waals surface area contributed by atoms with E-state index in [-0.39, 0.29) is 17.8 Å². The molecule has 0 fully saturated rings. The van der Waals surface area contributed by atoms with Crippen molar-refractivity contribution in [2.75, 3.05) is 0 Å². The van der Waals surface area contributed by atoms with Crippen LogP contribution in [0.25, 0.3) is 11.8 Å². The number of carbonyl (C=O) groups is 1. The van der Waals surface area contributed by atoms with Crippen LogP contribution in [0.15, 0.2) is 54.9 Å². The van der Waals surface area contributed by atoms with Crippen molar-refractivity contribution >= 4 is 12.0 Å². The second-order valence-corrected chi connectivity index (χ2v) is 7.13. The van der Waals surface area contributed by atoms with Crippen molar-refractivity contribution in [1.29, 1.82) is 0 Å². The third-order valence-electron chi connectivity index (χ3n) is 5.36. The molecule has 4 rings (SSSR count). The third-order valence-corrected chi connectivity index (χ3v) is 5.36. The van der Waals surface area contributed by atoms with Gasteiger partial charge in [-0.3, -0.25) is 4.79 Å². The fourth-order valence-corrected chi connectivity index (χ4v) is 3.66. The minimum atomic E-state index is -0.354. The second-order valence-electron chi connectivity index (χ2n) is 7.13. The van der Waals surface area contributed by atoms with Crippen molar-refractivity contribution in [1.82, 2.24) is 14.9 Å². The molecule has 0 spiro atoms. The van der Waals surface area contributed by atoms with Crippen molar-refractivity contribution in [2.45, 2.75) is 32.7 Å². The molecule has 0 bridgehead atoms. The van der Waals surface area contributed by atoms with Crippen LogP contribution in [0.4, 0.5) is 4.39 Å². The number of rotatable bonds is 4. The molecule has 0 aliphatic heterocycles. The van der Waals surface area contributed by atoms with Crippen LogP contribution in [0.3, 0.4) is 0 Å². The van der Waals surface area contributed by atoms with Gasteiger partial charge >= 0.3 is 0 Å². The molecule has 1 unspecified atom stereocenters.